The molecule has 2 saturated carbocycles. The van der Waals surface area contributed by atoms with E-state index in [1.807, 2.05) is 29.1 Å². The fourth-order valence-electron chi connectivity index (χ4n) is 3.48. The largest absolute Gasteiger partial charge is 0.353 e. The molecule has 2 amide bonds. The summed E-state index contributed by atoms with van der Waals surface area (Å²) in [5.74, 6) is 0.799. The Balaban J connectivity index is 1.67. The van der Waals surface area contributed by atoms with Crippen LogP contribution < -0.4 is 0 Å². The van der Waals surface area contributed by atoms with Crippen LogP contribution in [0.15, 0.2) is 18.3 Å². The number of rotatable bonds is 8. The van der Waals surface area contributed by atoms with Gasteiger partial charge in [0.05, 0.1) is 13.1 Å². The monoisotopic (exact) mass is 345 g/mol. The van der Waals surface area contributed by atoms with Gasteiger partial charge in [-0.3, -0.25) is 9.59 Å². The molecule has 1 heterocycles. The number of aryl methyl sites for hydroxylation is 1. The van der Waals surface area contributed by atoms with Crippen molar-refractivity contribution in [2.24, 2.45) is 18.9 Å². The van der Waals surface area contributed by atoms with Gasteiger partial charge in [0.1, 0.15) is 0 Å². The van der Waals surface area contributed by atoms with Crippen molar-refractivity contribution in [1.82, 2.24) is 14.4 Å². The van der Waals surface area contributed by atoms with Gasteiger partial charge in [0.15, 0.2) is 0 Å². The SMILES string of the molecule is CC(C)CN(CC(=O)N(Cc1cccn1C)C1CC1)C(=O)C1CCC1. The summed E-state index contributed by atoms with van der Waals surface area (Å²) < 4.78 is 2.06. The van der Waals surface area contributed by atoms with Crippen LogP contribution in [-0.4, -0.2) is 45.3 Å². The van der Waals surface area contributed by atoms with Crippen LogP contribution in [0.2, 0.25) is 0 Å². The zero-order valence-corrected chi connectivity index (χ0v) is 15.8. The molecular formula is C20H31N3O2. The Kier molecular flexibility index (Phi) is 5.50. The summed E-state index contributed by atoms with van der Waals surface area (Å²) in [6, 6.07) is 4.42. The van der Waals surface area contributed by atoms with E-state index in [0.717, 1.165) is 37.8 Å². The van der Waals surface area contributed by atoms with Crippen LogP contribution in [0.1, 0.15) is 51.6 Å². The summed E-state index contributed by atoms with van der Waals surface area (Å²) in [5, 5.41) is 0. The molecule has 2 aliphatic carbocycles. The second-order valence-corrected chi connectivity index (χ2v) is 8.10. The first-order chi connectivity index (χ1) is 12.0. The standard InChI is InChI=1S/C20H31N3O2/c1-15(2)12-22(20(25)16-6-4-7-16)14-19(24)23(17-9-10-17)13-18-8-5-11-21(18)3/h5,8,11,15-17H,4,6-7,9-10,12-14H2,1-3H3. The van der Waals surface area contributed by atoms with Gasteiger partial charge >= 0.3 is 0 Å². The van der Waals surface area contributed by atoms with Gasteiger partial charge < -0.3 is 14.4 Å². The highest BCUT2D eigenvalue weighted by molar-refractivity contribution is 5.86. The third kappa shape index (κ3) is 4.44. The highest BCUT2D eigenvalue weighted by Gasteiger charge is 2.36. The van der Waals surface area contributed by atoms with Gasteiger partial charge in [-0.15, -0.1) is 0 Å². The topological polar surface area (TPSA) is 45.6 Å². The molecule has 3 rings (SSSR count). The normalized spacial score (nSPS) is 17.4. The van der Waals surface area contributed by atoms with Crippen molar-refractivity contribution in [2.75, 3.05) is 13.1 Å². The quantitative estimate of drug-likeness (QED) is 0.727. The van der Waals surface area contributed by atoms with Crippen molar-refractivity contribution in [3.8, 4) is 0 Å². The van der Waals surface area contributed by atoms with Gasteiger partial charge in [-0.05, 0) is 43.7 Å². The predicted molar refractivity (Wildman–Crippen MR) is 97.7 cm³/mol. The molecule has 5 heteroatoms. The molecule has 0 aliphatic heterocycles. The highest BCUT2D eigenvalue weighted by Crippen LogP contribution is 2.30. The lowest BCUT2D eigenvalue weighted by molar-refractivity contribution is -0.145. The third-order valence-corrected chi connectivity index (χ3v) is 5.37. The molecule has 0 bridgehead atoms. The average Bonchev–Trinajstić information content (AvgIpc) is 3.25. The Morgan fingerprint density at radius 2 is 1.96 bits per heavy atom. The van der Waals surface area contributed by atoms with E-state index < -0.39 is 0 Å². The first-order valence-electron chi connectivity index (χ1n) is 9.64. The molecule has 1 aromatic heterocycles. The zero-order valence-electron chi connectivity index (χ0n) is 15.8. The van der Waals surface area contributed by atoms with Crippen LogP contribution in [0.25, 0.3) is 0 Å². The van der Waals surface area contributed by atoms with Crippen LogP contribution >= 0.6 is 0 Å². The summed E-state index contributed by atoms with van der Waals surface area (Å²) in [7, 11) is 2.01. The van der Waals surface area contributed by atoms with Crippen LogP contribution in [0.5, 0.6) is 0 Å². The molecule has 0 N–H and O–H groups in total. The number of nitrogens with zero attached hydrogens (tertiary/aromatic N) is 3. The van der Waals surface area contributed by atoms with Crippen molar-refractivity contribution < 1.29 is 9.59 Å². The van der Waals surface area contributed by atoms with E-state index in [1.54, 1.807) is 0 Å². The maximum atomic E-state index is 13.0. The lowest BCUT2D eigenvalue weighted by atomic mass is 9.84. The average molecular weight is 345 g/mol. The van der Waals surface area contributed by atoms with Crippen LogP contribution in [0, 0.1) is 11.8 Å². The molecule has 0 saturated heterocycles. The number of hydrogen-bond donors (Lipinski definition) is 0. The van der Waals surface area contributed by atoms with E-state index in [9.17, 15) is 9.59 Å². The van der Waals surface area contributed by atoms with Crippen molar-refractivity contribution in [2.45, 2.75) is 58.5 Å². The molecular weight excluding hydrogens is 314 g/mol. The lowest BCUT2D eigenvalue weighted by Gasteiger charge is -2.34. The molecule has 0 unspecified atom stereocenters. The molecule has 138 valence electrons. The van der Waals surface area contributed by atoms with E-state index >= 15 is 0 Å². The summed E-state index contributed by atoms with van der Waals surface area (Å²) in [4.78, 5) is 29.5. The van der Waals surface area contributed by atoms with Crippen LogP contribution in [-0.2, 0) is 23.2 Å². The Morgan fingerprint density at radius 3 is 2.44 bits per heavy atom. The molecule has 0 radical (unpaired) electrons. The first-order valence-corrected chi connectivity index (χ1v) is 9.64. The molecule has 0 spiro atoms. The van der Waals surface area contributed by atoms with Crippen molar-refractivity contribution in [1.29, 1.82) is 0 Å². The van der Waals surface area contributed by atoms with Crippen LogP contribution in [0.4, 0.5) is 0 Å². The number of aromatic nitrogens is 1. The van der Waals surface area contributed by atoms with Gasteiger partial charge in [0, 0.05) is 37.4 Å². The Morgan fingerprint density at radius 1 is 1.24 bits per heavy atom. The Labute approximate surface area is 151 Å². The predicted octanol–water partition coefficient (Wildman–Crippen LogP) is 2.80. The highest BCUT2D eigenvalue weighted by atomic mass is 16.2. The number of carbonyl (C=O) groups excluding carboxylic acids is 2. The molecule has 25 heavy (non-hydrogen) atoms. The van der Waals surface area contributed by atoms with Gasteiger partial charge in [-0.1, -0.05) is 20.3 Å². The number of hydrogen-bond acceptors (Lipinski definition) is 2. The maximum absolute atomic E-state index is 13.0. The van der Waals surface area contributed by atoms with Crippen molar-refractivity contribution >= 4 is 11.8 Å². The van der Waals surface area contributed by atoms with E-state index in [2.05, 4.69) is 24.5 Å². The lowest BCUT2D eigenvalue weighted by Crippen LogP contribution is -2.47. The minimum atomic E-state index is 0.0945. The maximum Gasteiger partial charge on any atom is 0.242 e. The number of carbonyl (C=O) groups is 2. The molecule has 5 nitrogen and oxygen atoms in total. The fourth-order valence-corrected chi connectivity index (χ4v) is 3.48. The van der Waals surface area contributed by atoms with Crippen LogP contribution in [0.3, 0.4) is 0 Å². The van der Waals surface area contributed by atoms with E-state index in [0.29, 0.717) is 25.0 Å². The smallest absolute Gasteiger partial charge is 0.242 e. The van der Waals surface area contributed by atoms with Gasteiger partial charge in [0.2, 0.25) is 11.8 Å². The van der Waals surface area contributed by atoms with E-state index in [-0.39, 0.29) is 24.3 Å². The van der Waals surface area contributed by atoms with E-state index in [1.165, 1.54) is 0 Å². The van der Waals surface area contributed by atoms with Gasteiger partial charge in [-0.25, -0.2) is 0 Å². The second-order valence-electron chi connectivity index (χ2n) is 8.10. The molecule has 0 aromatic carbocycles. The number of amides is 2. The molecule has 2 aliphatic rings. The molecule has 1 aromatic rings. The van der Waals surface area contributed by atoms with Crippen molar-refractivity contribution in [3.05, 3.63) is 24.0 Å². The van der Waals surface area contributed by atoms with E-state index in [4.69, 9.17) is 0 Å². The minimum absolute atomic E-state index is 0.0945. The molecule has 2 fully saturated rings. The zero-order chi connectivity index (χ0) is 18.0. The Bertz CT molecular complexity index is 614. The van der Waals surface area contributed by atoms with Gasteiger partial charge in [-0.2, -0.15) is 0 Å². The van der Waals surface area contributed by atoms with Gasteiger partial charge in [0.25, 0.3) is 0 Å². The first kappa shape index (κ1) is 18.0. The molecule has 0 atom stereocenters. The summed E-state index contributed by atoms with van der Waals surface area (Å²) in [5.41, 5.74) is 1.14. The fraction of sp³-hybridized carbons (Fsp3) is 0.700. The second kappa shape index (κ2) is 7.63. The summed E-state index contributed by atoms with van der Waals surface area (Å²) in [6.45, 7) is 5.75. The summed E-state index contributed by atoms with van der Waals surface area (Å²) >= 11 is 0. The Hall–Kier alpha value is -1.78. The summed E-state index contributed by atoms with van der Waals surface area (Å²) in [6.07, 6.45) is 7.28. The minimum Gasteiger partial charge on any atom is -0.353 e. The van der Waals surface area contributed by atoms with Crippen molar-refractivity contribution in [3.63, 3.8) is 0 Å². The third-order valence-electron chi connectivity index (χ3n) is 5.37.